The summed E-state index contributed by atoms with van der Waals surface area (Å²) in [6.07, 6.45) is 0.528. The first-order valence-corrected chi connectivity index (χ1v) is 7.29. The Labute approximate surface area is 124 Å². The molecule has 0 spiro atoms. The minimum absolute atomic E-state index is 0.116. The number of rotatable bonds is 7. The van der Waals surface area contributed by atoms with Crippen molar-refractivity contribution >= 4 is 5.97 Å². The summed E-state index contributed by atoms with van der Waals surface area (Å²) in [6.45, 7) is 5.73. The van der Waals surface area contributed by atoms with Gasteiger partial charge >= 0.3 is 5.97 Å². The van der Waals surface area contributed by atoms with Gasteiger partial charge in [0, 0.05) is 16.9 Å². The van der Waals surface area contributed by atoms with E-state index in [1.807, 2.05) is 13.8 Å². The van der Waals surface area contributed by atoms with Crippen LogP contribution in [0.2, 0.25) is 0 Å². The summed E-state index contributed by atoms with van der Waals surface area (Å²) in [5.41, 5.74) is 0.194. The molecule has 1 rings (SSSR count). The molecule has 0 aliphatic heterocycles. The van der Waals surface area contributed by atoms with Crippen LogP contribution in [0.4, 0.5) is 0 Å². The molecule has 7 nitrogen and oxygen atoms in total. The van der Waals surface area contributed by atoms with Crippen molar-refractivity contribution < 1.29 is 24.3 Å². The van der Waals surface area contributed by atoms with Crippen molar-refractivity contribution in [3.63, 3.8) is 0 Å². The summed E-state index contributed by atoms with van der Waals surface area (Å²) in [5, 5.41) is 21.2. The Balaban J connectivity index is 2.97. The van der Waals surface area contributed by atoms with Crippen molar-refractivity contribution in [1.82, 2.24) is 0 Å². The Hall–Kier alpha value is -1.47. The Morgan fingerprint density at radius 1 is 1.48 bits per heavy atom. The molecule has 0 aromatic heterocycles. The minimum Gasteiger partial charge on any atom is -0.463 e. The van der Waals surface area contributed by atoms with Gasteiger partial charge in [-0.2, -0.15) is 0 Å². The number of hydrogen-bond acceptors (Lipinski definition) is 6. The van der Waals surface area contributed by atoms with Crippen molar-refractivity contribution in [3.8, 4) is 0 Å². The van der Waals surface area contributed by atoms with Crippen LogP contribution in [0, 0.1) is 10.1 Å². The number of carbonyl (C=O) groups is 1. The van der Waals surface area contributed by atoms with E-state index in [0.717, 1.165) is 12.8 Å². The number of nitrogens with zero attached hydrogens (tertiary/aromatic N) is 1. The second-order valence-electron chi connectivity index (χ2n) is 5.00. The topological polar surface area (TPSA) is 98.9 Å². The lowest BCUT2D eigenvalue weighted by molar-refractivity contribution is -0.537. The lowest BCUT2D eigenvalue weighted by atomic mass is 9.90. The molecule has 1 aliphatic rings. The van der Waals surface area contributed by atoms with Crippen LogP contribution in [0.15, 0.2) is 11.6 Å². The van der Waals surface area contributed by atoms with Gasteiger partial charge in [0.25, 0.3) is 0 Å². The van der Waals surface area contributed by atoms with E-state index >= 15 is 0 Å². The van der Waals surface area contributed by atoms with Gasteiger partial charge in [-0.15, -0.1) is 0 Å². The van der Waals surface area contributed by atoms with Gasteiger partial charge in [-0.05, 0) is 25.8 Å². The van der Waals surface area contributed by atoms with Gasteiger partial charge in [0.15, 0.2) is 6.10 Å². The van der Waals surface area contributed by atoms with Crippen LogP contribution in [0.1, 0.15) is 40.0 Å². The first-order valence-electron chi connectivity index (χ1n) is 7.29. The highest BCUT2D eigenvalue weighted by atomic mass is 16.6. The molecule has 0 saturated heterocycles. The third-order valence-electron chi connectivity index (χ3n) is 3.59. The fraction of sp³-hybridized carbons (Fsp3) is 0.786. The molecule has 0 radical (unpaired) electrons. The average molecular weight is 301 g/mol. The van der Waals surface area contributed by atoms with E-state index in [1.54, 1.807) is 6.92 Å². The largest absolute Gasteiger partial charge is 0.463 e. The van der Waals surface area contributed by atoms with Crippen LogP contribution < -0.4 is 0 Å². The summed E-state index contributed by atoms with van der Waals surface area (Å²) < 4.78 is 10.6. The van der Waals surface area contributed by atoms with Gasteiger partial charge in [-0.1, -0.05) is 13.8 Å². The van der Waals surface area contributed by atoms with Crippen LogP contribution in [-0.4, -0.2) is 47.0 Å². The van der Waals surface area contributed by atoms with E-state index in [4.69, 9.17) is 9.47 Å². The molecule has 0 saturated carbocycles. The summed E-state index contributed by atoms with van der Waals surface area (Å²) in [4.78, 5) is 22.3. The summed E-state index contributed by atoms with van der Waals surface area (Å²) in [5.74, 6) is -0.589. The second kappa shape index (κ2) is 8.09. The monoisotopic (exact) mass is 301 g/mol. The highest BCUT2D eigenvalue weighted by Gasteiger charge is 2.42. The van der Waals surface area contributed by atoms with E-state index in [2.05, 4.69) is 0 Å². The van der Waals surface area contributed by atoms with Crippen molar-refractivity contribution in [2.75, 3.05) is 6.61 Å². The van der Waals surface area contributed by atoms with Crippen LogP contribution in [0.3, 0.4) is 0 Å². The maximum absolute atomic E-state index is 11.8. The molecule has 1 N–H and O–H groups in total. The first kappa shape index (κ1) is 17.6. The fourth-order valence-corrected chi connectivity index (χ4v) is 2.33. The summed E-state index contributed by atoms with van der Waals surface area (Å²) in [6, 6.07) is -1.26. The van der Waals surface area contributed by atoms with Gasteiger partial charge in [-0.25, -0.2) is 4.79 Å². The predicted octanol–water partition coefficient (Wildman–Crippen LogP) is 1.46. The summed E-state index contributed by atoms with van der Waals surface area (Å²) in [7, 11) is 0. The SMILES string of the molecule is CCOC(=O)C1=C[C@@H](OC(CC)CC)[C@@H](O)[C@H]([N+](=O)[O-])C1. The zero-order valence-electron chi connectivity index (χ0n) is 12.7. The van der Waals surface area contributed by atoms with Gasteiger partial charge in [-0.3, -0.25) is 10.1 Å². The molecular formula is C14H23NO6. The number of esters is 1. The van der Waals surface area contributed by atoms with E-state index in [1.165, 1.54) is 6.08 Å². The van der Waals surface area contributed by atoms with Gasteiger partial charge in [0.2, 0.25) is 6.04 Å². The number of ether oxygens (including phenoxy) is 2. The lowest BCUT2D eigenvalue weighted by Gasteiger charge is -2.30. The Morgan fingerprint density at radius 3 is 2.57 bits per heavy atom. The number of aliphatic hydroxyl groups is 1. The van der Waals surface area contributed by atoms with Crippen molar-refractivity contribution in [2.24, 2.45) is 0 Å². The van der Waals surface area contributed by atoms with Gasteiger partial charge < -0.3 is 14.6 Å². The molecule has 1 aliphatic carbocycles. The molecule has 0 aromatic carbocycles. The highest BCUT2D eigenvalue weighted by Crippen LogP contribution is 2.26. The number of aliphatic hydroxyl groups excluding tert-OH is 1. The van der Waals surface area contributed by atoms with Crippen LogP contribution in [-0.2, 0) is 14.3 Å². The van der Waals surface area contributed by atoms with Crippen LogP contribution >= 0.6 is 0 Å². The van der Waals surface area contributed by atoms with Crippen molar-refractivity contribution in [1.29, 1.82) is 0 Å². The first-order chi connectivity index (χ1) is 9.94. The average Bonchev–Trinajstić information content (AvgIpc) is 2.46. The normalized spacial score (nSPS) is 25.6. The van der Waals surface area contributed by atoms with E-state index < -0.39 is 29.1 Å². The molecule has 120 valence electrons. The molecule has 7 heteroatoms. The molecule has 21 heavy (non-hydrogen) atoms. The Morgan fingerprint density at radius 2 is 2.10 bits per heavy atom. The predicted molar refractivity (Wildman–Crippen MR) is 75.4 cm³/mol. The standard InChI is InChI=1S/C14H23NO6/c1-4-10(5-2)21-12-8-9(14(17)20-6-3)7-11(13(12)16)15(18)19/h8,10-13,16H,4-7H2,1-3H3/t11-,12-,13+/m1/s1. The van der Waals surface area contributed by atoms with Crippen molar-refractivity contribution in [3.05, 3.63) is 21.8 Å². The third-order valence-corrected chi connectivity index (χ3v) is 3.59. The fourth-order valence-electron chi connectivity index (χ4n) is 2.33. The molecule has 0 amide bonds. The zero-order valence-corrected chi connectivity index (χ0v) is 12.7. The Kier molecular flexibility index (Phi) is 6.77. The minimum atomic E-state index is -1.27. The molecule has 3 atom stereocenters. The van der Waals surface area contributed by atoms with Crippen LogP contribution in [0.25, 0.3) is 0 Å². The van der Waals surface area contributed by atoms with E-state index in [9.17, 15) is 20.0 Å². The molecular weight excluding hydrogens is 278 g/mol. The molecule has 0 unspecified atom stereocenters. The van der Waals surface area contributed by atoms with E-state index in [-0.39, 0.29) is 24.7 Å². The highest BCUT2D eigenvalue weighted by molar-refractivity contribution is 5.88. The molecule has 0 fully saturated rings. The van der Waals surface area contributed by atoms with E-state index in [0.29, 0.717) is 0 Å². The number of hydrogen-bond donors (Lipinski definition) is 1. The van der Waals surface area contributed by atoms with Gasteiger partial charge in [0.1, 0.15) is 6.10 Å². The number of nitro groups is 1. The van der Waals surface area contributed by atoms with Crippen molar-refractivity contribution in [2.45, 2.75) is 64.4 Å². The van der Waals surface area contributed by atoms with Crippen LogP contribution in [0.5, 0.6) is 0 Å². The quantitative estimate of drug-likeness (QED) is 0.434. The third kappa shape index (κ3) is 4.50. The second-order valence-corrected chi connectivity index (χ2v) is 5.00. The lowest BCUT2D eigenvalue weighted by Crippen LogP contribution is -2.47. The maximum Gasteiger partial charge on any atom is 0.334 e. The molecule has 0 heterocycles. The summed E-state index contributed by atoms with van der Waals surface area (Å²) >= 11 is 0. The molecule has 0 bridgehead atoms. The number of carbonyl (C=O) groups excluding carboxylic acids is 1. The van der Waals surface area contributed by atoms with Gasteiger partial charge in [0.05, 0.1) is 12.7 Å². The smallest absolute Gasteiger partial charge is 0.334 e. The molecule has 0 aromatic rings. The Bertz CT molecular complexity index is 404. The maximum atomic E-state index is 11.8. The zero-order chi connectivity index (χ0) is 16.0.